The highest BCUT2D eigenvalue weighted by Crippen LogP contribution is 2.43. The lowest BCUT2D eigenvalue weighted by Crippen LogP contribution is -2.57. The van der Waals surface area contributed by atoms with Gasteiger partial charge in [-0.05, 0) is 54.9 Å². The van der Waals surface area contributed by atoms with E-state index in [9.17, 15) is 0 Å². The molecule has 0 amide bonds. The van der Waals surface area contributed by atoms with Crippen LogP contribution in [0, 0.1) is 5.92 Å². The van der Waals surface area contributed by atoms with E-state index < -0.39 is 0 Å². The highest BCUT2D eigenvalue weighted by molar-refractivity contribution is 5.49. The van der Waals surface area contributed by atoms with Gasteiger partial charge in [0.1, 0.15) is 0 Å². The van der Waals surface area contributed by atoms with Crippen molar-refractivity contribution >= 4 is 0 Å². The number of benzene rings is 1. The Bertz CT molecular complexity index is 573. The molecule has 2 atom stereocenters. The van der Waals surface area contributed by atoms with E-state index in [2.05, 4.69) is 30.9 Å². The van der Waals surface area contributed by atoms with Gasteiger partial charge in [-0.25, -0.2) is 0 Å². The highest BCUT2D eigenvalue weighted by atomic mass is 16.5. The molecule has 4 nitrogen and oxygen atoms in total. The van der Waals surface area contributed by atoms with Crippen molar-refractivity contribution in [3.05, 3.63) is 23.3 Å². The van der Waals surface area contributed by atoms with E-state index in [0.29, 0.717) is 12.0 Å². The molecular formula is C19H30N2O2. The predicted molar refractivity (Wildman–Crippen MR) is 93.2 cm³/mol. The minimum absolute atomic E-state index is 0.0290. The first kappa shape index (κ1) is 16.6. The first-order valence-corrected chi connectivity index (χ1v) is 8.73. The Morgan fingerprint density at radius 1 is 1.26 bits per heavy atom. The van der Waals surface area contributed by atoms with Crippen molar-refractivity contribution in [2.75, 3.05) is 27.3 Å². The van der Waals surface area contributed by atoms with Crippen molar-refractivity contribution in [1.82, 2.24) is 4.90 Å². The molecule has 1 saturated heterocycles. The van der Waals surface area contributed by atoms with Crippen molar-refractivity contribution in [2.45, 2.75) is 51.1 Å². The van der Waals surface area contributed by atoms with E-state index in [0.717, 1.165) is 50.3 Å². The molecule has 1 fully saturated rings. The molecule has 0 spiro atoms. The van der Waals surface area contributed by atoms with E-state index in [1.807, 2.05) is 0 Å². The summed E-state index contributed by atoms with van der Waals surface area (Å²) in [6.45, 7) is 6.63. The molecule has 0 radical (unpaired) electrons. The Morgan fingerprint density at radius 2 is 1.96 bits per heavy atom. The normalized spacial score (nSPS) is 27.5. The van der Waals surface area contributed by atoms with Crippen molar-refractivity contribution in [3.63, 3.8) is 0 Å². The molecule has 2 aliphatic rings. The zero-order valence-corrected chi connectivity index (χ0v) is 14.9. The van der Waals surface area contributed by atoms with Gasteiger partial charge in [-0.3, -0.25) is 4.90 Å². The van der Waals surface area contributed by atoms with E-state index in [-0.39, 0.29) is 5.54 Å². The minimum atomic E-state index is -0.0290. The summed E-state index contributed by atoms with van der Waals surface area (Å²) in [7, 11) is 3.41. The summed E-state index contributed by atoms with van der Waals surface area (Å²) in [5.41, 5.74) is 9.48. The third-order valence-electron chi connectivity index (χ3n) is 5.36. The minimum Gasteiger partial charge on any atom is -0.493 e. The van der Waals surface area contributed by atoms with Crippen LogP contribution < -0.4 is 15.2 Å². The molecule has 4 heteroatoms. The lowest BCUT2D eigenvalue weighted by molar-refractivity contribution is 0.0708. The maximum absolute atomic E-state index is 6.70. The molecule has 0 aromatic heterocycles. The van der Waals surface area contributed by atoms with Gasteiger partial charge in [-0.2, -0.15) is 0 Å². The van der Waals surface area contributed by atoms with Crippen LogP contribution in [-0.4, -0.2) is 37.7 Å². The van der Waals surface area contributed by atoms with Gasteiger partial charge in [0.05, 0.1) is 14.2 Å². The summed E-state index contributed by atoms with van der Waals surface area (Å²) in [4.78, 5) is 2.58. The molecule has 1 aromatic carbocycles. The van der Waals surface area contributed by atoms with Crippen LogP contribution in [0.2, 0.25) is 0 Å². The lowest BCUT2D eigenvalue weighted by atomic mass is 9.76. The van der Waals surface area contributed by atoms with Crippen molar-refractivity contribution in [2.24, 2.45) is 11.7 Å². The zero-order chi connectivity index (χ0) is 16.6. The smallest absolute Gasteiger partial charge is 0.161 e. The predicted octanol–water partition coefficient (Wildman–Crippen LogP) is 3.14. The van der Waals surface area contributed by atoms with E-state index in [1.54, 1.807) is 14.2 Å². The van der Waals surface area contributed by atoms with Crippen LogP contribution in [0.5, 0.6) is 11.5 Å². The Hall–Kier alpha value is -1.26. The molecule has 23 heavy (non-hydrogen) atoms. The molecule has 1 aromatic rings. The summed E-state index contributed by atoms with van der Waals surface area (Å²) >= 11 is 0. The average molecular weight is 318 g/mol. The number of nitrogens with two attached hydrogens (primary N) is 1. The summed E-state index contributed by atoms with van der Waals surface area (Å²) in [5.74, 6) is 2.32. The summed E-state index contributed by atoms with van der Waals surface area (Å²) in [6.07, 6.45) is 4.39. The quantitative estimate of drug-likeness (QED) is 0.926. The SMILES string of the molecule is COc1cc2c(cc1OC)C1CC[C@@](N)(CC(C)C)CN1CC2. The van der Waals surface area contributed by atoms with Gasteiger partial charge in [-0.1, -0.05) is 13.8 Å². The van der Waals surface area contributed by atoms with Gasteiger partial charge in [0, 0.05) is 24.7 Å². The van der Waals surface area contributed by atoms with Crippen molar-refractivity contribution < 1.29 is 9.47 Å². The highest BCUT2D eigenvalue weighted by Gasteiger charge is 2.40. The number of hydrogen-bond donors (Lipinski definition) is 1. The fourth-order valence-electron chi connectivity index (χ4n) is 4.49. The van der Waals surface area contributed by atoms with Crippen LogP contribution in [-0.2, 0) is 6.42 Å². The fourth-order valence-corrected chi connectivity index (χ4v) is 4.49. The number of piperidine rings is 1. The van der Waals surface area contributed by atoms with Gasteiger partial charge < -0.3 is 15.2 Å². The third kappa shape index (κ3) is 3.20. The summed E-state index contributed by atoms with van der Waals surface area (Å²) in [5, 5.41) is 0. The second kappa shape index (κ2) is 6.33. The van der Waals surface area contributed by atoms with Crippen LogP contribution >= 0.6 is 0 Å². The van der Waals surface area contributed by atoms with E-state index in [4.69, 9.17) is 15.2 Å². The fraction of sp³-hybridized carbons (Fsp3) is 0.684. The van der Waals surface area contributed by atoms with Gasteiger partial charge in [0.25, 0.3) is 0 Å². The summed E-state index contributed by atoms with van der Waals surface area (Å²) < 4.78 is 11.0. The molecule has 2 N–H and O–H groups in total. The molecule has 3 rings (SSSR count). The Kier molecular flexibility index (Phi) is 4.56. The van der Waals surface area contributed by atoms with Crippen molar-refractivity contribution in [1.29, 1.82) is 0 Å². The van der Waals surface area contributed by atoms with E-state index >= 15 is 0 Å². The maximum Gasteiger partial charge on any atom is 0.161 e. The third-order valence-corrected chi connectivity index (χ3v) is 5.36. The maximum atomic E-state index is 6.70. The van der Waals surface area contributed by atoms with E-state index in [1.165, 1.54) is 11.1 Å². The molecule has 128 valence electrons. The molecule has 0 aliphatic carbocycles. The van der Waals surface area contributed by atoms with Gasteiger partial charge in [0.15, 0.2) is 11.5 Å². The van der Waals surface area contributed by atoms with Crippen LogP contribution in [0.25, 0.3) is 0 Å². The second-order valence-corrected chi connectivity index (χ2v) is 7.64. The van der Waals surface area contributed by atoms with Crippen LogP contribution in [0.15, 0.2) is 12.1 Å². The van der Waals surface area contributed by atoms with Gasteiger partial charge in [0.2, 0.25) is 0 Å². The average Bonchev–Trinajstić information content (AvgIpc) is 2.51. The first-order chi connectivity index (χ1) is 11.0. The number of hydrogen-bond acceptors (Lipinski definition) is 4. The molecule has 2 heterocycles. The lowest BCUT2D eigenvalue weighted by Gasteiger charge is -2.48. The largest absolute Gasteiger partial charge is 0.493 e. The second-order valence-electron chi connectivity index (χ2n) is 7.64. The molecule has 2 aliphatic heterocycles. The number of methoxy groups -OCH3 is 2. The standard InChI is InChI=1S/C19H30N2O2/c1-13(2)11-19(20)7-5-16-15-10-18(23-4)17(22-3)9-14(15)6-8-21(16)12-19/h9-10,13,16H,5-8,11-12,20H2,1-4H3/t16?,19-/m1/s1. The van der Waals surface area contributed by atoms with Gasteiger partial charge >= 0.3 is 0 Å². The number of rotatable bonds is 4. The molecule has 0 bridgehead atoms. The van der Waals surface area contributed by atoms with Crippen LogP contribution in [0.4, 0.5) is 0 Å². The topological polar surface area (TPSA) is 47.7 Å². The monoisotopic (exact) mass is 318 g/mol. The molecule has 0 saturated carbocycles. The number of fused-ring (bicyclic) bond motifs is 3. The molecule has 1 unspecified atom stereocenters. The Morgan fingerprint density at radius 3 is 2.61 bits per heavy atom. The van der Waals surface area contributed by atoms with Crippen LogP contribution in [0.3, 0.4) is 0 Å². The molecular weight excluding hydrogens is 288 g/mol. The first-order valence-electron chi connectivity index (χ1n) is 8.73. The Labute approximate surface area is 139 Å². The van der Waals surface area contributed by atoms with Crippen LogP contribution in [0.1, 0.15) is 50.3 Å². The van der Waals surface area contributed by atoms with Crippen molar-refractivity contribution in [3.8, 4) is 11.5 Å². The Balaban J connectivity index is 1.86. The number of nitrogens with zero attached hydrogens (tertiary/aromatic N) is 1. The summed E-state index contributed by atoms with van der Waals surface area (Å²) in [6, 6.07) is 4.81. The zero-order valence-electron chi connectivity index (χ0n) is 14.9. The van der Waals surface area contributed by atoms with Gasteiger partial charge in [-0.15, -0.1) is 0 Å². The number of ether oxygens (including phenoxy) is 2.